The molecule has 0 unspecified atom stereocenters. The number of aromatic nitrogens is 4. The lowest BCUT2D eigenvalue weighted by molar-refractivity contribution is 0.0945. The summed E-state index contributed by atoms with van der Waals surface area (Å²) in [6.07, 6.45) is 4.00. The average Bonchev–Trinajstić information content (AvgIpc) is 2.73. The molecule has 3 heterocycles. The second-order valence-corrected chi connectivity index (χ2v) is 7.24. The standard InChI is InChI=1S/C23H22N6O/c1-14-9-18-10-16(3-5-19(18)26-12-14)11-22-25-8-7-20(29-22)23(30)27-13-17-4-6-21(24)28-15(17)2/h3-10,12H,11,13H2,1-2H3,(H2,24,28)(H,27,30). The Morgan fingerprint density at radius 2 is 1.90 bits per heavy atom. The first-order valence-electron chi connectivity index (χ1n) is 9.65. The Morgan fingerprint density at radius 1 is 1.03 bits per heavy atom. The van der Waals surface area contributed by atoms with Crippen molar-refractivity contribution in [3.63, 3.8) is 0 Å². The number of hydrogen-bond donors (Lipinski definition) is 2. The molecule has 4 aromatic rings. The SMILES string of the molecule is Cc1cnc2ccc(Cc3nccc(C(=O)NCc4ccc(N)nc4C)n3)cc2c1. The Bertz CT molecular complexity index is 1240. The Labute approximate surface area is 174 Å². The van der Waals surface area contributed by atoms with Gasteiger partial charge in [0.25, 0.3) is 5.91 Å². The first kappa shape index (κ1) is 19.4. The number of nitrogens with two attached hydrogens (primary N) is 1. The van der Waals surface area contributed by atoms with Gasteiger partial charge in [0.1, 0.15) is 17.3 Å². The van der Waals surface area contributed by atoms with Crippen molar-refractivity contribution in [3.05, 3.63) is 88.8 Å². The van der Waals surface area contributed by atoms with Crippen LogP contribution in [0.2, 0.25) is 0 Å². The minimum Gasteiger partial charge on any atom is -0.384 e. The smallest absolute Gasteiger partial charge is 0.270 e. The largest absolute Gasteiger partial charge is 0.384 e. The number of aryl methyl sites for hydroxylation is 2. The number of amides is 1. The Kier molecular flexibility index (Phi) is 5.34. The van der Waals surface area contributed by atoms with E-state index in [0.29, 0.717) is 30.3 Å². The highest BCUT2D eigenvalue weighted by atomic mass is 16.1. The summed E-state index contributed by atoms with van der Waals surface area (Å²) >= 11 is 0. The molecule has 3 aromatic heterocycles. The fourth-order valence-electron chi connectivity index (χ4n) is 3.26. The molecule has 1 amide bonds. The van der Waals surface area contributed by atoms with Crippen LogP contribution >= 0.6 is 0 Å². The molecule has 0 spiro atoms. The number of carbonyl (C=O) groups is 1. The molecule has 0 radical (unpaired) electrons. The van der Waals surface area contributed by atoms with E-state index >= 15 is 0 Å². The molecule has 0 aliphatic rings. The molecule has 4 rings (SSSR count). The lowest BCUT2D eigenvalue weighted by atomic mass is 10.1. The minimum atomic E-state index is -0.256. The van der Waals surface area contributed by atoms with Gasteiger partial charge in [-0.3, -0.25) is 9.78 Å². The van der Waals surface area contributed by atoms with Gasteiger partial charge in [0, 0.05) is 36.4 Å². The van der Waals surface area contributed by atoms with Crippen molar-refractivity contribution in [1.29, 1.82) is 0 Å². The van der Waals surface area contributed by atoms with Crippen LogP contribution < -0.4 is 11.1 Å². The summed E-state index contributed by atoms with van der Waals surface area (Å²) < 4.78 is 0. The molecule has 0 fully saturated rings. The maximum absolute atomic E-state index is 12.6. The van der Waals surface area contributed by atoms with Gasteiger partial charge in [0.05, 0.1) is 5.52 Å². The number of nitrogen functional groups attached to an aromatic ring is 1. The van der Waals surface area contributed by atoms with Crippen molar-refractivity contribution in [1.82, 2.24) is 25.3 Å². The lowest BCUT2D eigenvalue weighted by Gasteiger charge is -2.09. The van der Waals surface area contributed by atoms with E-state index in [-0.39, 0.29) is 5.91 Å². The highest BCUT2D eigenvalue weighted by Gasteiger charge is 2.11. The third-order valence-corrected chi connectivity index (χ3v) is 4.84. The molecule has 0 aliphatic carbocycles. The van der Waals surface area contributed by atoms with Crippen molar-refractivity contribution in [2.24, 2.45) is 0 Å². The van der Waals surface area contributed by atoms with Crippen LogP contribution in [-0.2, 0) is 13.0 Å². The predicted molar refractivity (Wildman–Crippen MR) is 116 cm³/mol. The molecule has 30 heavy (non-hydrogen) atoms. The summed E-state index contributed by atoms with van der Waals surface area (Å²) in [6, 6.07) is 13.4. The van der Waals surface area contributed by atoms with Crippen LogP contribution in [0, 0.1) is 13.8 Å². The van der Waals surface area contributed by atoms with Crippen LogP contribution in [0.3, 0.4) is 0 Å². The summed E-state index contributed by atoms with van der Waals surface area (Å²) in [5, 5.41) is 3.96. The van der Waals surface area contributed by atoms with Gasteiger partial charge in [-0.15, -0.1) is 0 Å². The van der Waals surface area contributed by atoms with Gasteiger partial charge in [0.15, 0.2) is 0 Å². The second-order valence-electron chi connectivity index (χ2n) is 7.24. The molecule has 0 saturated carbocycles. The van der Waals surface area contributed by atoms with Crippen LogP contribution in [-0.4, -0.2) is 25.8 Å². The maximum atomic E-state index is 12.6. The number of anilines is 1. The molecule has 0 aliphatic heterocycles. The summed E-state index contributed by atoms with van der Waals surface area (Å²) in [5.41, 5.74) is 10.8. The molecular weight excluding hydrogens is 376 g/mol. The fraction of sp³-hybridized carbons (Fsp3) is 0.174. The number of benzene rings is 1. The van der Waals surface area contributed by atoms with Crippen molar-refractivity contribution in [2.75, 3.05) is 5.73 Å². The van der Waals surface area contributed by atoms with Crippen molar-refractivity contribution >= 4 is 22.6 Å². The Balaban J connectivity index is 1.47. The zero-order chi connectivity index (χ0) is 21.1. The van der Waals surface area contributed by atoms with Crippen LogP contribution in [0.5, 0.6) is 0 Å². The zero-order valence-corrected chi connectivity index (χ0v) is 16.9. The van der Waals surface area contributed by atoms with Gasteiger partial charge in [-0.05, 0) is 60.9 Å². The Hall–Kier alpha value is -3.87. The molecule has 3 N–H and O–H groups in total. The van der Waals surface area contributed by atoms with E-state index in [2.05, 4.69) is 37.4 Å². The molecular formula is C23H22N6O. The van der Waals surface area contributed by atoms with E-state index in [1.165, 1.54) is 0 Å². The second kappa shape index (κ2) is 8.24. The van der Waals surface area contributed by atoms with E-state index < -0.39 is 0 Å². The molecule has 0 saturated heterocycles. The Morgan fingerprint density at radius 3 is 2.73 bits per heavy atom. The van der Waals surface area contributed by atoms with Crippen LogP contribution in [0.25, 0.3) is 10.9 Å². The van der Waals surface area contributed by atoms with E-state index in [1.807, 2.05) is 38.2 Å². The molecule has 7 nitrogen and oxygen atoms in total. The minimum absolute atomic E-state index is 0.256. The van der Waals surface area contributed by atoms with Crippen molar-refractivity contribution < 1.29 is 4.79 Å². The number of rotatable bonds is 5. The topological polar surface area (TPSA) is 107 Å². The van der Waals surface area contributed by atoms with E-state index in [4.69, 9.17) is 5.73 Å². The first-order valence-corrected chi connectivity index (χ1v) is 9.65. The molecule has 7 heteroatoms. The number of hydrogen-bond acceptors (Lipinski definition) is 6. The van der Waals surface area contributed by atoms with Gasteiger partial charge in [-0.1, -0.05) is 12.1 Å². The third kappa shape index (κ3) is 4.41. The van der Waals surface area contributed by atoms with Crippen molar-refractivity contribution in [3.8, 4) is 0 Å². The molecule has 0 bridgehead atoms. The van der Waals surface area contributed by atoms with E-state index in [9.17, 15) is 4.79 Å². The fourth-order valence-corrected chi connectivity index (χ4v) is 3.26. The van der Waals surface area contributed by atoms with E-state index in [1.54, 1.807) is 18.3 Å². The number of nitrogens with one attached hydrogen (secondary N) is 1. The third-order valence-electron chi connectivity index (χ3n) is 4.84. The highest BCUT2D eigenvalue weighted by molar-refractivity contribution is 5.92. The first-order chi connectivity index (χ1) is 14.5. The van der Waals surface area contributed by atoms with Gasteiger partial charge in [0.2, 0.25) is 0 Å². The van der Waals surface area contributed by atoms with Gasteiger partial charge < -0.3 is 11.1 Å². The monoisotopic (exact) mass is 398 g/mol. The van der Waals surface area contributed by atoms with Gasteiger partial charge >= 0.3 is 0 Å². The van der Waals surface area contributed by atoms with Gasteiger partial charge in [-0.25, -0.2) is 15.0 Å². The summed E-state index contributed by atoms with van der Waals surface area (Å²) in [7, 11) is 0. The number of carbonyl (C=O) groups excluding carboxylic acids is 1. The lowest BCUT2D eigenvalue weighted by Crippen LogP contribution is -2.25. The van der Waals surface area contributed by atoms with Crippen LogP contribution in [0.4, 0.5) is 5.82 Å². The highest BCUT2D eigenvalue weighted by Crippen LogP contribution is 2.17. The molecule has 150 valence electrons. The normalized spacial score (nSPS) is 10.9. The summed E-state index contributed by atoms with van der Waals surface area (Å²) in [6.45, 7) is 4.24. The number of fused-ring (bicyclic) bond motifs is 1. The van der Waals surface area contributed by atoms with Gasteiger partial charge in [-0.2, -0.15) is 0 Å². The summed E-state index contributed by atoms with van der Waals surface area (Å²) in [4.78, 5) is 30.0. The van der Waals surface area contributed by atoms with E-state index in [0.717, 1.165) is 33.3 Å². The zero-order valence-electron chi connectivity index (χ0n) is 16.9. The quantitative estimate of drug-likeness (QED) is 0.535. The predicted octanol–water partition coefficient (Wildman–Crippen LogP) is 3.14. The van der Waals surface area contributed by atoms with Crippen molar-refractivity contribution in [2.45, 2.75) is 26.8 Å². The average molecular weight is 398 g/mol. The van der Waals surface area contributed by atoms with Crippen LogP contribution in [0.1, 0.15) is 38.7 Å². The number of pyridine rings is 2. The summed E-state index contributed by atoms with van der Waals surface area (Å²) in [5.74, 6) is 0.795. The maximum Gasteiger partial charge on any atom is 0.270 e. The van der Waals surface area contributed by atoms with Crippen LogP contribution in [0.15, 0.2) is 54.9 Å². The molecule has 1 aromatic carbocycles. The molecule has 0 atom stereocenters. The number of nitrogens with zero attached hydrogens (tertiary/aromatic N) is 4.